The van der Waals surface area contributed by atoms with E-state index in [9.17, 15) is 14.4 Å². The van der Waals surface area contributed by atoms with Crippen LogP contribution in [0.15, 0.2) is 84.4 Å². The number of rotatable bonds is 6. The van der Waals surface area contributed by atoms with Gasteiger partial charge in [-0.3, -0.25) is 4.79 Å². The van der Waals surface area contributed by atoms with Crippen molar-refractivity contribution in [2.75, 3.05) is 5.32 Å². The van der Waals surface area contributed by atoms with Crippen LogP contribution in [0.2, 0.25) is 10.0 Å². The van der Waals surface area contributed by atoms with Gasteiger partial charge in [0.1, 0.15) is 24.1 Å². The molecule has 0 atom stereocenters. The largest absolute Gasteiger partial charge is 0.486 e. The highest BCUT2D eigenvalue weighted by molar-refractivity contribution is 6.37. The molecular formula is C27H17Cl2FN2O2. The van der Waals surface area contributed by atoms with Crippen LogP contribution in [0.3, 0.4) is 0 Å². The maximum atomic E-state index is 13.8. The Labute approximate surface area is 205 Å². The number of hydrogen-bond acceptors (Lipinski definition) is 3. The van der Waals surface area contributed by atoms with E-state index in [0.29, 0.717) is 11.3 Å². The van der Waals surface area contributed by atoms with Crippen molar-refractivity contribution in [3.05, 3.63) is 111 Å². The minimum absolute atomic E-state index is 0.0258. The minimum Gasteiger partial charge on any atom is -0.486 e. The van der Waals surface area contributed by atoms with Gasteiger partial charge in [0, 0.05) is 0 Å². The molecule has 34 heavy (non-hydrogen) atoms. The number of halogens is 3. The summed E-state index contributed by atoms with van der Waals surface area (Å²) >= 11 is 12.8. The molecule has 0 bridgehead atoms. The number of para-hydroxylation sites is 1. The Morgan fingerprint density at radius 2 is 1.65 bits per heavy atom. The first kappa shape index (κ1) is 23.3. The predicted molar refractivity (Wildman–Crippen MR) is 133 cm³/mol. The van der Waals surface area contributed by atoms with Crippen molar-refractivity contribution in [1.82, 2.24) is 0 Å². The molecule has 4 rings (SSSR count). The predicted octanol–water partition coefficient (Wildman–Crippen LogP) is 7.41. The van der Waals surface area contributed by atoms with Crippen LogP contribution in [0.5, 0.6) is 5.75 Å². The molecule has 0 spiro atoms. The molecule has 0 heterocycles. The second-order valence-electron chi connectivity index (χ2n) is 7.39. The quantitative estimate of drug-likeness (QED) is 0.226. The number of anilines is 1. The molecule has 0 aliphatic rings. The monoisotopic (exact) mass is 490 g/mol. The minimum atomic E-state index is -0.753. The lowest BCUT2D eigenvalue weighted by Gasteiger charge is -2.12. The number of carbonyl (C=O) groups excluding carboxylic acids is 1. The lowest BCUT2D eigenvalue weighted by Crippen LogP contribution is -2.14. The highest BCUT2D eigenvalue weighted by Crippen LogP contribution is 2.35. The lowest BCUT2D eigenvalue weighted by molar-refractivity contribution is -0.112. The first-order valence-electron chi connectivity index (χ1n) is 10.2. The van der Waals surface area contributed by atoms with Gasteiger partial charge in [-0.15, -0.1) is 0 Å². The van der Waals surface area contributed by atoms with Crippen molar-refractivity contribution in [1.29, 1.82) is 5.26 Å². The van der Waals surface area contributed by atoms with E-state index in [4.69, 9.17) is 27.9 Å². The van der Waals surface area contributed by atoms with Crippen LogP contribution in [-0.4, -0.2) is 5.91 Å². The Morgan fingerprint density at radius 1 is 0.971 bits per heavy atom. The fourth-order valence-electron chi connectivity index (χ4n) is 3.35. The summed E-state index contributed by atoms with van der Waals surface area (Å²) in [4.78, 5) is 12.4. The summed E-state index contributed by atoms with van der Waals surface area (Å²) in [7, 11) is 0. The van der Waals surface area contributed by atoms with Crippen molar-refractivity contribution in [3.8, 4) is 11.8 Å². The Hall–Kier alpha value is -3.85. The standard InChI is InChI=1S/C27H17Cl2FN2O2/c28-22-13-18(12-21(15-31)27(33)32-25-8-4-3-7-24(25)30)14-23(29)26(22)34-16-17-9-10-19-5-1-2-6-20(19)11-17/h1-14H,16H2,(H,32,33)/b21-12-. The summed E-state index contributed by atoms with van der Waals surface area (Å²) in [6.45, 7) is 0.258. The number of nitriles is 1. The average molecular weight is 491 g/mol. The molecule has 0 aromatic heterocycles. The van der Waals surface area contributed by atoms with Gasteiger partial charge < -0.3 is 10.1 Å². The number of amides is 1. The lowest BCUT2D eigenvalue weighted by atomic mass is 10.1. The second-order valence-corrected chi connectivity index (χ2v) is 8.20. The number of nitrogens with one attached hydrogen (secondary N) is 1. The van der Waals surface area contributed by atoms with Crippen molar-refractivity contribution in [2.24, 2.45) is 0 Å². The zero-order valence-corrected chi connectivity index (χ0v) is 19.2. The molecule has 168 valence electrons. The highest BCUT2D eigenvalue weighted by atomic mass is 35.5. The molecule has 4 nitrogen and oxygen atoms in total. The molecule has 4 aromatic carbocycles. The number of fused-ring (bicyclic) bond motifs is 1. The van der Waals surface area contributed by atoms with E-state index in [2.05, 4.69) is 5.32 Å². The fraction of sp³-hybridized carbons (Fsp3) is 0.0370. The van der Waals surface area contributed by atoms with Gasteiger partial charge in [-0.25, -0.2) is 4.39 Å². The molecule has 0 saturated carbocycles. The van der Waals surface area contributed by atoms with Crippen LogP contribution in [0.25, 0.3) is 16.8 Å². The Morgan fingerprint density at radius 3 is 2.35 bits per heavy atom. The molecule has 1 N–H and O–H groups in total. The van der Waals surface area contributed by atoms with Crippen LogP contribution >= 0.6 is 23.2 Å². The summed E-state index contributed by atoms with van der Waals surface area (Å²) < 4.78 is 19.7. The molecular weight excluding hydrogens is 474 g/mol. The van der Waals surface area contributed by atoms with Gasteiger partial charge in [-0.1, -0.05) is 71.7 Å². The highest BCUT2D eigenvalue weighted by Gasteiger charge is 2.14. The first-order chi connectivity index (χ1) is 16.4. The van der Waals surface area contributed by atoms with E-state index < -0.39 is 11.7 Å². The van der Waals surface area contributed by atoms with Gasteiger partial charge in [0.05, 0.1) is 15.7 Å². The Bertz CT molecular complexity index is 1440. The number of benzene rings is 4. The summed E-state index contributed by atoms with van der Waals surface area (Å²) in [5.41, 5.74) is 1.11. The van der Waals surface area contributed by atoms with E-state index in [1.165, 1.54) is 36.4 Å². The van der Waals surface area contributed by atoms with Crippen molar-refractivity contribution >= 4 is 51.6 Å². The maximum Gasteiger partial charge on any atom is 0.266 e. The molecule has 0 unspecified atom stereocenters. The average Bonchev–Trinajstić information content (AvgIpc) is 2.83. The molecule has 1 amide bonds. The fourth-order valence-corrected chi connectivity index (χ4v) is 3.97. The van der Waals surface area contributed by atoms with Gasteiger partial charge in [0.15, 0.2) is 5.75 Å². The summed E-state index contributed by atoms with van der Waals surface area (Å²) in [5.74, 6) is -1.06. The summed E-state index contributed by atoms with van der Waals surface area (Å²) in [6.07, 6.45) is 1.32. The third-order valence-electron chi connectivity index (χ3n) is 5.02. The zero-order chi connectivity index (χ0) is 24.1. The smallest absolute Gasteiger partial charge is 0.266 e. The van der Waals surface area contributed by atoms with Gasteiger partial charge in [-0.2, -0.15) is 5.26 Å². The van der Waals surface area contributed by atoms with E-state index in [0.717, 1.165) is 16.3 Å². The van der Waals surface area contributed by atoms with Gasteiger partial charge in [-0.05, 0) is 58.3 Å². The normalized spacial score (nSPS) is 11.2. The van der Waals surface area contributed by atoms with E-state index in [1.807, 2.05) is 48.5 Å². The third-order valence-corrected chi connectivity index (χ3v) is 5.58. The molecule has 0 fully saturated rings. The van der Waals surface area contributed by atoms with E-state index in [1.54, 1.807) is 6.07 Å². The van der Waals surface area contributed by atoms with Crippen molar-refractivity contribution in [2.45, 2.75) is 6.61 Å². The second kappa shape index (κ2) is 10.4. The molecule has 0 radical (unpaired) electrons. The van der Waals surface area contributed by atoms with Crippen molar-refractivity contribution < 1.29 is 13.9 Å². The summed E-state index contributed by atoms with van der Waals surface area (Å²) in [6, 6.07) is 24.6. The van der Waals surface area contributed by atoms with Gasteiger partial charge >= 0.3 is 0 Å². The molecule has 0 aliphatic carbocycles. The number of carbonyl (C=O) groups is 1. The van der Waals surface area contributed by atoms with Crippen molar-refractivity contribution in [3.63, 3.8) is 0 Å². The van der Waals surface area contributed by atoms with Crippen LogP contribution in [0, 0.1) is 17.1 Å². The van der Waals surface area contributed by atoms with E-state index >= 15 is 0 Å². The first-order valence-corrected chi connectivity index (χ1v) is 11.0. The SMILES string of the molecule is N#C/C(=C/c1cc(Cl)c(OCc2ccc3ccccc3c2)c(Cl)c1)C(=O)Nc1ccccc1F. The van der Waals surface area contributed by atoms with Gasteiger partial charge in [0.2, 0.25) is 0 Å². The molecule has 4 aromatic rings. The molecule has 0 aliphatic heterocycles. The zero-order valence-electron chi connectivity index (χ0n) is 17.7. The number of nitrogens with zero attached hydrogens (tertiary/aromatic N) is 1. The molecule has 0 saturated heterocycles. The molecule has 7 heteroatoms. The van der Waals surface area contributed by atoms with Crippen LogP contribution in [0.1, 0.15) is 11.1 Å². The summed E-state index contributed by atoms with van der Waals surface area (Å²) in [5, 5.41) is 14.5. The third kappa shape index (κ3) is 5.37. The van der Waals surface area contributed by atoms with Crippen LogP contribution in [-0.2, 0) is 11.4 Å². The van der Waals surface area contributed by atoms with Gasteiger partial charge in [0.25, 0.3) is 5.91 Å². The Balaban J connectivity index is 1.51. The Kier molecular flexibility index (Phi) is 7.12. The number of hydrogen-bond donors (Lipinski definition) is 1. The van der Waals surface area contributed by atoms with Crippen LogP contribution in [0.4, 0.5) is 10.1 Å². The number of ether oxygens (including phenoxy) is 1. The van der Waals surface area contributed by atoms with E-state index in [-0.39, 0.29) is 27.9 Å². The van der Waals surface area contributed by atoms with Crippen LogP contribution < -0.4 is 10.1 Å². The maximum absolute atomic E-state index is 13.8. The topological polar surface area (TPSA) is 62.1 Å².